The van der Waals surface area contributed by atoms with Crippen LogP contribution in [0.25, 0.3) is 11.3 Å². The van der Waals surface area contributed by atoms with E-state index in [1.54, 1.807) is 4.90 Å². The zero-order valence-corrected chi connectivity index (χ0v) is 17.7. The number of carbonyl (C=O) groups excluding carboxylic acids is 1. The molecule has 1 amide bonds. The summed E-state index contributed by atoms with van der Waals surface area (Å²) in [6.07, 6.45) is -0.656. The second-order valence-corrected chi connectivity index (χ2v) is 8.26. The summed E-state index contributed by atoms with van der Waals surface area (Å²) in [5.41, 5.74) is 2.81. The Morgan fingerprint density at radius 2 is 2.00 bits per heavy atom. The molecule has 0 unspecified atom stereocenters. The molecule has 0 fully saturated rings. The Morgan fingerprint density at radius 3 is 2.71 bits per heavy atom. The van der Waals surface area contributed by atoms with Gasteiger partial charge >= 0.3 is 0 Å². The molecule has 3 aromatic rings. The molecule has 0 saturated heterocycles. The standard InChI is InChI=1S/C20H17BrN4O2S/c1-3-28-20-22-18-17(23-24-20)15-11-14(21)9-10-16(15)25(12(2)26)19(27-18)13-7-5-4-6-8-13/h4-11,19H,3H2,1-2H3/t19-/m1/s1. The van der Waals surface area contributed by atoms with E-state index in [-0.39, 0.29) is 5.91 Å². The molecule has 28 heavy (non-hydrogen) atoms. The number of benzene rings is 2. The number of thioether (sulfide) groups is 1. The summed E-state index contributed by atoms with van der Waals surface area (Å²) in [5.74, 6) is 1.05. The molecule has 0 N–H and O–H groups in total. The smallest absolute Gasteiger partial charge is 0.247 e. The van der Waals surface area contributed by atoms with Crippen molar-refractivity contribution >= 4 is 39.3 Å². The second kappa shape index (κ2) is 7.89. The minimum atomic E-state index is -0.656. The Labute approximate surface area is 175 Å². The first kappa shape index (κ1) is 18.9. The zero-order valence-electron chi connectivity index (χ0n) is 15.3. The molecule has 0 bridgehead atoms. The second-order valence-electron chi connectivity index (χ2n) is 6.11. The molecule has 0 saturated carbocycles. The lowest BCUT2D eigenvalue weighted by Crippen LogP contribution is -2.36. The van der Waals surface area contributed by atoms with Crippen molar-refractivity contribution in [2.75, 3.05) is 10.7 Å². The highest BCUT2D eigenvalue weighted by molar-refractivity contribution is 9.10. The van der Waals surface area contributed by atoms with Gasteiger partial charge in [-0.05, 0) is 24.0 Å². The van der Waals surface area contributed by atoms with Gasteiger partial charge in [-0.25, -0.2) is 0 Å². The largest absolute Gasteiger partial charge is 0.447 e. The van der Waals surface area contributed by atoms with Gasteiger partial charge in [0, 0.05) is 22.5 Å². The van der Waals surface area contributed by atoms with Crippen LogP contribution < -0.4 is 9.64 Å². The van der Waals surface area contributed by atoms with E-state index in [9.17, 15) is 4.79 Å². The number of aromatic nitrogens is 3. The number of rotatable bonds is 3. The van der Waals surface area contributed by atoms with Crippen LogP contribution in [0.3, 0.4) is 0 Å². The topological polar surface area (TPSA) is 68.2 Å². The number of hydrogen-bond donors (Lipinski definition) is 0. The highest BCUT2D eigenvalue weighted by Gasteiger charge is 2.34. The lowest BCUT2D eigenvalue weighted by molar-refractivity contribution is -0.118. The molecule has 6 nitrogen and oxygen atoms in total. The van der Waals surface area contributed by atoms with Crippen LogP contribution in [0.1, 0.15) is 25.6 Å². The van der Waals surface area contributed by atoms with E-state index >= 15 is 0 Å². The van der Waals surface area contributed by atoms with Crippen molar-refractivity contribution in [3.05, 3.63) is 58.6 Å². The van der Waals surface area contributed by atoms with E-state index in [2.05, 4.69) is 31.1 Å². The maximum Gasteiger partial charge on any atom is 0.247 e. The SMILES string of the molecule is CCSc1nnc2c(n1)O[C@H](c1ccccc1)N(C(C)=O)c1ccc(Br)cc1-2. The quantitative estimate of drug-likeness (QED) is 0.524. The molecule has 1 aliphatic heterocycles. The normalized spacial score (nSPS) is 15.2. The number of amides is 1. The molecular formula is C20H17BrN4O2S. The van der Waals surface area contributed by atoms with E-state index < -0.39 is 6.23 Å². The van der Waals surface area contributed by atoms with Crippen molar-refractivity contribution in [3.63, 3.8) is 0 Å². The Hall–Kier alpha value is -2.45. The van der Waals surface area contributed by atoms with Crippen molar-refractivity contribution in [1.29, 1.82) is 0 Å². The summed E-state index contributed by atoms with van der Waals surface area (Å²) in [7, 11) is 0. The molecule has 1 atom stereocenters. The summed E-state index contributed by atoms with van der Waals surface area (Å²) < 4.78 is 7.16. The monoisotopic (exact) mass is 456 g/mol. The first-order valence-corrected chi connectivity index (χ1v) is 10.5. The summed E-state index contributed by atoms with van der Waals surface area (Å²) in [5, 5.41) is 9.15. The third-order valence-electron chi connectivity index (χ3n) is 4.26. The van der Waals surface area contributed by atoms with Gasteiger partial charge in [0.1, 0.15) is 0 Å². The van der Waals surface area contributed by atoms with Gasteiger partial charge in [0.05, 0.1) is 5.69 Å². The van der Waals surface area contributed by atoms with E-state index in [1.807, 2.05) is 55.5 Å². The van der Waals surface area contributed by atoms with E-state index in [0.29, 0.717) is 22.4 Å². The minimum absolute atomic E-state index is 0.138. The average Bonchev–Trinajstić information content (AvgIpc) is 2.83. The maximum absolute atomic E-state index is 12.7. The van der Waals surface area contributed by atoms with E-state index in [1.165, 1.54) is 18.7 Å². The highest BCUT2D eigenvalue weighted by atomic mass is 79.9. The Balaban J connectivity index is 1.97. The molecule has 0 aliphatic carbocycles. The first-order chi connectivity index (χ1) is 13.6. The van der Waals surface area contributed by atoms with Crippen molar-refractivity contribution < 1.29 is 9.53 Å². The average molecular weight is 457 g/mol. The molecule has 0 spiro atoms. The van der Waals surface area contributed by atoms with Gasteiger partial charge in [-0.3, -0.25) is 9.69 Å². The minimum Gasteiger partial charge on any atom is -0.447 e. The molecule has 8 heteroatoms. The van der Waals surface area contributed by atoms with Crippen molar-refractivity contribution in [2.24, 2.45) is 0 Å². The van der Waals surface area contributed by atoms with Gasteiger partial charge in [-0.1, -0.05) is 64.9 Å². The summed E-state index contributed by atoms with van der Waals surface area (Å²) in [6.45, 7) is 3.55. The fourth-order valence-electron chi connectivity index (χ4n) is 3.10. The first-order valence-electron chi connectivity index (χ1n) is 8.77. The number of ether oxygens (including phenoxy) is 1. The van der Waals surface area contributed by atoms with Crippen molar-refractivity contribution in [1.82, 2.24) is 15.2 Å². The molecule has 1 aliphatic rings. The number of nitrogens with zero attached hydrogens (tertiary/aromatic N) is 4. The molecule has 0 radical (unpaired) electrons. The molecule has 4 rings (SSSR count). The maximum atomic E-state index is 12.7. The lowest BCUT2D eigenvalue weighted by atomic mass is 10.1. The van der Waals surface area contributed by atoms with Crippen molar-refractivity contribution in [2.45, 2.75) is 25.2 Å². The fraction of sp³-hybridized carbons (Fsp3) is 0.200. The Bertz CT molecular complexity index is 1030. The zero-order chi connectivity index (χ0) is 19.7. The van der Waals surface area contributed by atoms with E-state index in [4.69, 9.17) is 4.74 Å². The van der Waals surface area contributed by atoms with Gasteiger partial charge < -0.3 is 4.74 Å². The number of anilines is 1. The summed E-state index contributed by atoms with van der Waals surface area (Å²) >= 11 is 5.00. The third-order valence-corrected chi connectivity index (χ3v) is 5.48. The van der Waals surface area contributed by atoms with Crippen LogP contribution in [0, 0.1) is 0 Å². The number of hydrogen-bond acceptors (Lipinski definition) is 6. The predicted octanol–water partition coefficient (Wildman–Crippen LogP) is 4.86. The molecular weight excluding hydrogens is 440 g/mol. The lowest BCUT2D eigenvalue weighted by Gasteiger charge is -2.29. The predicted molar refractivity (Wildman–Crippen MR) is 112 cm³/mol. The summed E-state index contributed by atoms with van der Waals surface area (Å²) in [6, 6.07) is 15.3. The van der Waals surface area contributed by atoms with E-state index in [0.717, 1.165) is 21.4 Å². The molecule has 2 aromatic carbocycles. The highest BCUT2D eigenvalue weighted by Crippen LogP contribution is 2.44. The molecule has 142 valence electrons. The van der Waals surface area contributed by atoms with Gasteiger partial charge in [0.15, 0.2) is 5.69 Å². The van der Waals surface area contributed by atoms with Gasteiger partial charge in [0.2, 0.25) is 23.2 Å². The number of halogens is 1. The van der Waals surface area contributed by atoms with Crippen LogP contribution in [0.2, 0.25) is 0 Å². The Morgan fingerprint density at radius 1 is 1.21 bits per heavy atom. The number of fused-ring (bicyclic) bond motifs is 3. The van der Waals surface area contributed by atoms with Gasteiger partial charge in [-0.15, -0.1) is 10.2 Å². The number of carbonyl (C=O) groups is 1. The summed E-state index contributed by atoms with van der Waals surface area (Å²) in [4.78, 5) is 18.9. The molecule has 2 heterocycles. The van der Waals surface area contributed by atoms with Crippen LogP contribution in [0.4, 0.5) is 5.69 Å². The molecule has 1 aromatic heterocycles. The Kier molecular flexibility index (Phi) is 5.32. The van der Waals surface area contributed by atoms with Gasteiger partial charge in [0.25, 0.3) is 0 Å². The third kappa shape index (κ3) is 3.49. The van der Waals surface area contributed by atoms with Crippen LogP contribution >= 0.6 is 27.7 Å². The van der Waals surface area contributed by atoms with Crippen molar-refractivity contribution in [3.8, 4) is 17.1 Å². The van der Waals surface area contributed by atoms with Crippen LogP contribution in [-0.2, 0) is 4.79 Å². The van der Waals surface area contributed by atoms with Crippen LogP contribution in [0.15, 0.2) is 58.2 Å². The van der Waals surface area contributed by atoms with Crippen LogP contribution in [0.5, 0.6) is 5.88 Å². The van der Waals surface area contributed by atoms with Crippen LogP contribution in [-0.4, -0.2) is 26.8 Å². The fourth-order valence-corrected chi connectivity index (χ4v) is 3.97. The van der Waals surface area contributed by atoms with Gasteiger partial charge in [-0.2, -0.15) is 4.98 Å².